The minimum atomic E-state index is -0.102. The molecule has 2 aliphatic rings. The first-order valence-electron chi connectivity index (χ1n) is 9.43. The van der Waals surface area contributed by atoms with Crippen LogP contribution in [-0.2, 0) is 10.2 Å². The number of carbonyl (C=O) groups excluding carboxylic acids is 1. The predicted octanol–water partition coefficient (Wildman–Crippen LogP) is 3.77. The average molecular weight is 371 g/mol. The zero-order chi connectivity index (χ0) is 17.1. The van der Waals surface area contributed by atoms with Gasteiger partial charge >= 0.3 is 0 Å². The number of halogens is 1. The van der Waals surface area contributed by atoms with E-state index in [2.05, 4.69) is 70.9 Å². The highest BCUT2D eigenvalue weighted by Crippen LogP contribution is 2.40. The zero-order valence-corrected chi connectivity index (χ0v) is 15.9. The Bertz CT molecular complexity index is 674. The van der Waals surface area contributed by atoms with Crippen LogP contribution < -0.4 is 5.32 Å². The number of piperidine rings is 1. The van der Waals surface area contributed by atoms with Crippen molar-refractivity contribution in [2.75, 3.05) is 19.6 Å². The molecule has 0 radical (unpaired) electrons. The van der Waals surface area contributed by atoms with E-state index in [4.69, 9.17) is 0 Å². The molecule has 4 rings (SSSR count). The third-order valence-electron chi connectivity index (χ3n) is 5.82. The highest BCUT2D eigenvalue weighted by Gasteiger charge is 2.41. The molecule has 2 aromatic rings. The molecule has 1 N–H and O–H groups in total. The summed E-state index contributed by atoms with van der Waals surface area (Å²) in [6.45, 7) is 2.61. The van der Waals surface area contributed by atoms with Gasteiger partial charge in [-0.2, -0.15) is 0 Å². The van der Waals surface area contributed by atoms with Crippen LogP contribution in [0.2, 0.25) is 0 Å². The van der Waals surface area contributed by atoms with Crippen molar-refractivity contribution in [3.8, 4) is 0 Å². The second-order valence-corrected chi connectivity index (χ2v) is 7.33. The van der Waals surface area contributed by atoms with E-state index in [-0.39, 0.29) is 29.8 Å². The van der Waals surface area contributed by atoms with Crippen LogP contribution in [0.3, 0.4) is 0 Å². The Morgan fingerprint density at radius 3 is 2.12 bits per heavy atom. The Kier molecular flexibility index (Phi) is 6.00. The molecule has 0 bridgehead atoms. The van der Waals surface area contributed by atoms with Crippen molar-refractivity contribution in [2.45, 2.75) is 37.1 Å². The lowest BCUT2D eigenvalue weighted by Crippen LogP contribution is -2.53. The molecular formula is C22H27ClN2O. The normalized spacial score (nSPS) is 21.8. The smallest absolute Gasteiger partial charge is 0.239 e. The predicted molar refractivity (Wildman–Crippen MR) is 108 cm³/mol. The van der Waals surface area contributed by atoms with Crippen LogP contribution in [-0.4, -0.2) is 36.5 Å². The molecule has 1 atom stereocenters. The Balaban J connectivity index is 0.00000196. The van der Waals surface area contributed by atoms with Crippen molar-refractivity contribution in [3.05, 3.63) is 71.8 Å². The van der Waals surface area contributed by atoms with Crippen LogP contribution in [0.1, 0.15) is 36.8 Å². The lowest BCUT2D eigenvalue weighted by atomic mass is 9.69. The van der Waals surface area contributed by atoms with E-state index in [9.17, 15) is 4.79 Å². The minimum Gasteiger partial charge on any atom is -0.340 e. The van der Waals surface area contributed by atoms with Gasteiger partial charge < -0.3 is 10.2 Å². The summed E-state index contributed by atoms with van der Waals surface area (Å²) in [5.74, 6) is 0.286. The quantitative estimate of drug-likeness (QED) is 0.892. The van der Waals surface area contributed by atoms with Crippen molar-refractivity contribution in [1.82, 2.24) is 10.2 Å². The maximum absolute atomic E-state index is 13.0. The molecule has 3 nitrogen and oxygen atoms in total. The van der Waals surface area contributed by atoms with Crippen molar-refractivity contribution >= 4 is 18.3 Å². The van der Waals surface area contributed by atoms with Gasteiger partial charge in [0, 0.05) is 18.5 Å². The van der Waals surface area contributed by atoms with Gasteiger partial charge in [-0.25, -0.2) is 0 Å². The summed E-state index contributed by atoms with van der Waals surface area (Å²) < 4.78 is 0. The number of nitrogens with one attached hydrogen (secondary N) is 1. The van der Waals surface area contributed by atoms with Crippen LogP contribution in [0.15, 0.2) is 60.7 Å². The maximum atomic E-state index is 13.0. The number of likely N-dealkylation sites (tertiary alicyclic amines) is 1. The van der Waals surface area contributed by atoms with E-state index in [0.717, 1.165) is 45.3 Å². The summed E-state index contributed by atoms with van der Waals surface area (Å²) in [6, 6.07) is 21.5. The summed E-state index contributed by atoms with van der Waals surface area (Å²) in [5.41, 5.74) is 2.53. The molecule has 26 heavy (non-hydrogen) atoms. The van der Waals surface area contributed by atoms with E-state index in [1.807, 2.05) is 0 Å². The molecule has 4 heteroatoms. The van der Waals surface area contributed by atoms with Gasteiger partial charge in [0.2, 0.25) is 5.91 Å². The largest absolute Gasteiger partial charge is 0.340 e. The Morgan fingerprint density at radius 2 is 1.58 bits per heavy atom. The van der Waals surface area contributed by atoms with E-state index >= 15 is 0 Å². The molecule has 0 spiro atoms. The number of amides is 1. The SMILES string of the molecule is Cl.O=C([C@@H]1CCCN1)N1CCCC(c2ccccc2)(c2ccccc2)C1. The first kappa shape index (κ1) is 18.9. The molecule has 138 valence electrons. The monoisotopic (exact) mass is 370 g/mol. The number of nitrogens with zero attached hydrogens (tertiary/aromatic N) is 1. The molecule has 0 saturated carbocycles. The van der Waals surface area contributed by atoms with Crippen LogP contribution in [0.5, 0.6) is 0 Å². The summed E-state index contributed by atoms with van der Waals surface area (Å²) in [4.78, 5) is 15.1. The number of hydrogen-bond donors (Lipinski definition) is 1. The fourth-order valence-corrected chi connectivity index (χ4v) is 4.51. The second-order valence-electron chi connectivity index (χ2n) is 7.33. The first-order chi connectivity index (χ1) is 12.3. The van der Waals surface area contributed by atoms with Crippen LogP contribution in [0, 0.1) is 0 Å². The van der Waals surface area contributed by atoms with Gasteiger partial charge in [0.25, 0.3) is 0 Å². The van der Waals surface area contributed by atoms with Crippen molar-refractivity contribution in [3.63, 3.8) is 0 Å². The fourth-order valence-electron chi connectivity index (χ4n) is 4.51. The average Bonchev–Trinajstić information content (AvgIpc) is 3.23. The maximum Gasteiger partial charge on any atom is 0.239 e. The number of rotatable bonds is 3. The molecular weight excluding hydrogens is 344 g/mol. The van der Waals surface area contributed by atoms with Crippen molar-refractivity contribution < 1.29 is 4.79 Å². The molecule has 2 fully saturated rings. The number of hydrogen-bond acceptors (Lipinski definition) is 2. The highest BCUT2D eigenvalue weighted by molar-refractivity contribution is 5.85. The van der Waals surface area contributed by atoms with Gasteiger partial charge in [0.05, 0.1) is 6.04 Å². The Morgan fingerprint density at radius 1 is 0.962 bits per heavy atom. The molecule has 1 amide bonds. The van der Waals surface area contributed by atoms with Crippen molar-refractivity contribution in [1.29, 1.82) is 0 Å². The fraction of sp³-hybridized carbons (Fsp3) is 0.409. The molecule has 2 aliphatic heterocycles. The van der Waals surface area contributed by atoms with E-state index in [1.54, 1.807) is 0 Å². The van der Waals surface area contributed by atoms with Gasteiger partial charge in [0.1, 0.15) is 0 Å². The number of benzene rings is 2. The topological polar surface area (TPSA) is 32.3 Å². The van der Waals surface area contributed by atoms with Crippen molar-refractivity contribution in [2.24, 2.45) is 0 Å². The third-order valence-corrected chi connectivity index (χ3v) is 5.82. The van der Waals surface area contributed by atoms with Crippen LogP contribution in [0.25, 0.3) is 0 Å². The molecule has 2 aromatic carbocycles. The van der Waals surface area contributed by atoms with Gasteiger partial charge in [-0.05, 0) is 43.4 Å². The minimum absolute atomic E-state index is 0. The van der Waals surface area contributed by atoms with Gasteiger partial charge in [-0.3, -0.25) is 4.79 Å². The molecule has 2 saturated heterocycles. The van der Waals surface area contributed by atoms with E-state index < -0.39 is 0 Å². The van der Waals surface area contributed by atoms with Gasteiger partial charge in [0.15, 0.2) is 0 Å². The van der Waals surface area contributed by atoms with E-state index in [1.165, 1.54) is 11.1 Å². The standard InChI is InChI=1S/C22H26N2O.ClH/c25-21(20-13-7-15-23-20)24-16-8-14-22(17-24,18-9-3-1-4-10-18)19-11-5-2-6-12-19;/h1-6,9-12,20,23H,7-8,13-17H2;1H/t20-;/m0./s1. The lowest BCUT2D eigenvalue weighted by Gasteiger charge is -2.44. The molecule has 0 unspecified atom stereocenters. The highest BCUT2D eigenvalue weighted by atomic mass is 35.5. The Labute approximate surface area is 162 Å². The lowest BCUT2D eigenvalue weighted by molar-refractivity contribution is -0.135. The second kappa shape index (κ2) is 8.24. The van der Waals surface area contributed by atoms with Gasteiger partial charge in [-0.1, -0.05) is 60.7 Å². The van der Waals surface area contributed by atoms with E-state index in [0.29, 0.717) is 0 Å². The zero-order valence-electron chi connectivity index (χ0n) is 15.1. The summed E-state index contributed by atoms with van der Waals surface area (Å²) in [7, 11) is 0. The summed E-state index contributed by atoms with van der Waals surface area (Å²) in [5, 5.41) is 3.37. The Hall–Kier alpha value is -1.84. The van der Waals surface area contributed by atoms with Crippen LogP contribution in [0.4, 0.5) is 0 Å². The third kappa shape index (κ3) is 3.51. The summed E-state index contributed by atoms with van der Waals surface area (Å²) in [6.07, 6.45) is 4.21. The van der Waals surface area contributed by atoms with Gasteiger partial charge in [-0.15, -0.1) is 12.4 Å². The molecule has 2 heterocycles. The molecule has 0 aliphatic carbocycles. The first-order valence-corrected chi connectivity index (χ1v) is 9.43. The van der Waals surface area contributed by atoms with Crippen LogP contribution >= 0.6 is 12.4 Å². The molecule has 0 aromatic heterocycles. The summed E-state index contributed by atoms with van der Waals surface area (Å²) >= 11 is 0. The number of carbonyl (C=O) groups is 1.